The van der Waals surface area contributed by atoms with Gasteiger partial charge in [-0.2, -0.15) is 0 Å². The smallest absolute Gasteiger partial charge is 0.191 e. The number of guanidine groups is 1. The fourth-order valence-electron chi connectivity index (χ4n) is 3.49. The molecule has 166 valence electrons. The second kappa shape index (κ2) is 12.3. The lowest BCUT2D eigenvalue weighted by Crippen LogP contribution is -2.49. The van der Waals surface area contributed by atoms with Crippen LogP contribution in [0.4, 0.5) is 5.82 Å². The monoisotopic (exact) mass is 526 g/mol. The van der Waals surface area contributed by atoms with Gasteiger partial charge in [-0.1, -0.05) is 18.2 Å². The molecule has 3 rings (SSSR count). The van der Waals surface area contributed by atoms with Crippen LogP contribution in [-0.4, -0.2) is 75.4 Å². The lowest BCUT2D eigenvalue weighted by atomic mass is 10.1. The van der Waals surface area contributed by atoms with Gasteiger partial charge in [0.05, 0.1) is 25.3 Å². The van der Waals surface area contributed by atoms with E-state index in [0.29, 0.717) is 12.6 Å². The van der Waals surface area contributed by atoms with Crippen molar-refractivity contribution in [2.24, 2.45) is 4.99 Å². The first kappa shape index (κ1) is 24.6. The minimum Gasteiger partial charge on any atom is -0.379 e. The number of hydrogen-bond acceptors (Lipinski definition) is 5. The molecule has 2 N–H and O–H groups in total. The summed E-state index contributed by atoms with van der Waals surface area (Å²) >= 11 is 0. The molecule has 0 spiro atoms. The molecule has 1 aliphatic rings. The highest BCUT2D eigenvalue weighted by molar-refractivity contribution is 14.0. The van der Waals surface area contributed by atoms with Crippen LogP contribution in [0.5, 0.6) is 0 Å². The zero-order valence-corrected chi connectivity index (χ0v) is 20.8. The molecule has 1 aromatic heterocycles. The van der Waals surface area contributed by atoms with Crippen molar-refractivity contribution >= 4 is 46.7 Å². The molecular weight excluding hydrogens is 491 g/mol. The van der Waals surface area contributed by atoms with E-state index < -0.39 is 0 Å². The van der Waals surface area contributed by atoms with Crippen molar-refractivity contribution in [2.45, 2.75) is 26.4 Å². The Morgan fingerprint density at radius 3 is 2.67 bits per heavy atom. The highest BCUT2D eigenvalue weighted by atomic mass is 127. The highest BCUT2D eigenvalue weighted by Crippen LogP contribution is 2.22. The van der Waals surface area contributed by atoms with Crippen LogP contribution in [0.1, 0.15) is 19.4 Å². The number of aliphatic imine (C=N–C) groups is 1. The van der Waals surface area contributed by atoms with E-state index in [4.69, 9.17) is 14.7 Å². The number of nitrogens with one attached hydrogen (secondary N) is 2. The first-order valence-electron chi connectivity index (χ1n) is 10.5. The number of halogens is 1. The fourth-order valence-corrected chi connectivity index (χ4v) is 3.49. The zero-order chi connectivity index (χ0) is 20.6. The summed E-state index contributed by atoms with van der Waals surface area (Å²) < 4.78 is 5.46. The number of morpholine rings is 1. The molecule has 1 aliphatic heterocycles. The van der Waals surface area contributed by atoms with E-state index in [1.807, 2.05) is 25.1 Å². The van der Waals surface area contributed by atoms with Gasteiger partial charge in [0.15, 0.2) is 5.96 Å². The Kier molecular flexibility index (Phi) is 10.1. The molecule has 1 fully saturated rings. The van der Waals surface area contributed by atoms with E-state index in [1.165, 1.54) is 5.56 Å². The normalized spacial score (nSPS) is 16.1. The fraction of sp³-hybridized carbons (Fsp3) is 0.545. The van der Waals surface area contributed by atoms with Crippen LogP contribution in [0, 0.1) is 0 Å². The Balaban J connectivity index is 0.00000320. The topological polar surface area (TPSA) is 65.0 Å². The third kappa shape index (κ3) is 6.68. The molecule has 2 heterocycles. The summed E-state index contributed by atoms with van der Waals surface area (Å²) in [6, 6.07) is 10.8. The van der Waals surface area contributed by atoms with Gasteiger partial charge in [-0.15, -0.1) is 24.0 Å². The van der Waals surface area contributed by atoms with Crippen LogP contribution in [0.15, 0.2) is 35.3 Å². The summed E-state index contributed by atoms with van der Waals surface area (Å²) in [5.41, 5.74) is 2.18. The summed E-state index contributed by atoms with van der Waals surface area (Å²) in [5.74, 6) is 1.80. The predicted molar refractivity (Wildman–Crippen MR) is 136 cm³/mol. The van der Waals surface area contributed by atoms with E-state index in [0.717, 1.165) is 62.1 Å². The quantitative estimate of drug-likeness (QED) is 0.329. The number of rotatable bonds is 7. The van der Waals surface area contributed by atoms with Gasteiger partial charge in [-0.05, 0) is 31.5 Å². The molecule has 0 aliphatic carbocycles. The summed E-state index contributed by atoms with van der Waals surface area (Å²) in [6.07, 6.45) is 0. The molecule has 1 atom stereocenters. The lowest BCUT2D eigenvalue weighted by Gasteiger charge is -2.32. The molecule has 0 radical (unpaired) electrons. The maximum absolute atomic E-state index is 5.46. The Morgan fingerprint density at radius 1 is 1.23 bits per heavy atom. The van der Waals surface area contributed by atoms with Crippen molar-refractivity contribution in [2.75, 3.05) is 58.4 Å². The average molecular weight is 526 g/mol. The number of benzene rings is 1. The second-order valence-electron chi connectivity index (χ2n) is 7.62. The van der Waals surface area contributed by atoms with Crippen LogP contribution >= 0.6 is 24.0 Å². The molecule has 8 heteroatoms. The lowest BCUT2D eigenvalue weighted by molar-refractivity contribution is 0.0211. The van der Waals surface area contributed by atoms with Gasteiger partial charge in [0.2, 0.25) is 0 Å². The summed E-state index contributed by atoms with van der Waals surface area (Å²) in [5, 5.41) is 8.02. The summed E-state index contributed by atoms with van der Waals surface area (Å²) in [7, 11) is 4.03. The van der Waals surface area contributed by atoms with Gasteiger partial charge in [0.1, 0.15) is 5.82 Å². The highest BCUT2D eigenvalue weighted by Gasteiger charge is 2.17. The third-order valence-corrected chi connectivity index (χ3v) is 5.23. The number of fused-ring (bicyclic) bond motifs is 1. The Bertz CT molecular complexity index is 822. The Morgan fingerprint density at radius 2 is 1.97 bits per heavy atom. The van der Waals surface area contributed by atoms with Crippen LogP contribution in [0.25, 0.3) is 10.9 Å². The largest absolute Gasteiger partial charge is 0.379 e. The van der Waals surface area contributed by atoms with Gasteiger partial charge in [-0.25, -0.2) is 9.98 Å². The molecule has 2 aromatic rings. The average Bonchev–Trinajstić information content (AvgIpc) is 2.75. The number of ether oxygens (including phenoxy) is 1. The Hall–Kier alpha value is -1.65. The predicted octanol–water partition coefficient (Wildman–Crippen LogP) is 2.69. The SMILES string of the molecule is CCNC(=NCc1cc(N(C)C)nc2ccccc12)NCC(C)N1CCOCC1.I. The van der Waals surface area contributed by atoms with Crippen molar-refractivity contribution in [3.8, 4) is 0 Å². The summed E-state index contributed by atoms with van der Waals surface area (Å²) in [6.45, 7) is 10.3. The Labute approximate surface area is 197 Å². The minimum absolute atomic E-state index is 0. The molecule has 0 saturated carbocycles. The van der Waals surface area contributed by atoms with E-state index in [9.17, 15) is 0 Å². The first-order valence-corrected chi connectivity index (χ1v) is 10.5. The van der Waals surface area contributed by atoms with Crippen molar-refractivity contribution in [1.29, 1.82) is 0 Å². The number of anilines is 1. The van der Waals surface area contributed by atoms with Gasteiger partial charge in [0, 0.05) is 51.7 Å². The maximum atomic E-state index is 5.46. The second-order valence-corrected chi connectivity index (χ2v) is 7.62. The molecule has 30 heavy (non-hydrogen) atoms. The maximum Gasteiger partial charge on any atom is 0.191 e. The first-order chi connectivity index (χ1) is 14.1. The van der Waals surface area contributed by atoms with Crippen molar-refractivity contribution < 1.29 is 4.74 Å². The van der Waals surface area contributed by atoms with Gasteiger partial charge < -0.3 is 20.3 Å². The summed E-state index contributed by atoms with van der Waals surface area (Å²) in [4.78, 5) is 14.1. The number of pyridine rings is 1. The standard InChI is InChI=1S/C22H34N6O.HI/c1-5-23-22(24-15-17(2)28-10-12-29-13-11-28)25-16-18-14-21(27(3)4)26-20-9-7-6-8-19(18)20;/h6-9,14,17H,5,10-13,15-16H2,1-4H3,(H2,23,24,25);1H. The van der Waals surface area contributed by atoms with Crippen molar-refractivity contribution in [1.82, 2.24) is 20.5 Å². The van der Waals surface area contributed by atoms with Crippen molar-refractivity contribution in [3.63, 3.8) is 0 Å². The number of aromatic nitrogens is 1. The molecule has 1 saturated heterocycles. The molecular formula is C22H35IN6O. The molecule has 0 bridgehead atoms. The van der Waals surface area contributed by atoms with E-state index in [2.05, 4.69) is 53.6 Å². The van der Waals surface area contributed by atoms with Crippen LogP contribution in [0.3, 0.4) is 0 Å². The zero-order valence-electron chi connectivity index (χ0n) is 18.5. The molecule has 1 aromatic carbocycles. The number of nitrogens with zero attached hydrogens (tertiary/aromatic N) is 4. The molecule has 7 nitrogen and oxygen atoms in total. The van der Waals surface area contributed by atoms with Crippen LogP contribution in [-0.2, 0) is 11.3 Å². The van der Waals surface area contributed by atoms with Gasteiger partial charge in [0.25, 0.3) is 0 Å². The molecule has 1 unspecified atom stereocenters. The minimum atomic E-state index is 0. The number of para-hydroxylation sites is 1. The van der Waals surface area contributed by atoms with E-state index in [-0.39, 0.29) is 24.0 Å². The number of hydrogen-bond donors (Lipinski definition) is 2. The van der Waals surface area contributed by atoms with E-state index >= 15 is 0 Å². The van der Waals surface area contributed by atoms with Gasteiger partial charge >= 0.3 is 0 Å². The van der Waals surface area contributed by atoms with Crippen LogP contribution < -0.4 is 15.5 Å². The molecule has 0 amide bonds. The van der Waals surface area contributed by atoms with E-state index in [1.54, 1.807) is 0 Å². The van der Waals surface area contributed by atoms with Crippen LogP contribution in [0.2, 0.25) is 0 Å². The van der Waals surface area contributed by atoms with Crippen molar-refractivity contribution in [3.05, 3.63) is 35.9 Å². The van der Waals surface area contributed by atoms with Gasteiger partial charge in [-0.3, -0.25) is 4.90 Å². The third-order valence-electron chi connectivity index (χ3n) is 5.23.